The number of rotatable bonds is 20. The Bertz CT molecular complexity index is 413. The number of hydrogen-bond donors (Lipinski definition) is 5. The fourth-order valence-electron chi connectivity index (χ4n) is 3.00. The second kappa shape index (κ2) is 26.2. The molecule has 1 unspecified atom stereocenters. The average molecular weight is 465 g/mol. The molecule has 5 N–H and O–H groups in total. The predicted molar refractivity (Wildman–Crippen MR) is 124 cm³/mol. The van der Waals surface area contributed by atoms with Crippen molar-refractivity contribution in [1.29, 1.82) is 0 Å². The van der Waals surface area contributed by atoms with Gasteiger partial charge >= 0.3 is 11.9 Å². The summed E-state index contributed by atoms with van der Waals surface area (Å²) in [6, 6.07) is 0. The molecule has 0 aliphatic rings. The van der Waals surface area contributed by atoms with Crippen LogP contribution in [0.3, 0.4) is 0 Å². The minimum absolute atomic E-state index is 0.183. The molecule has 0 spiro atoms. The van der Waals surface area contributed by atoms with Gasteiger partial charge in [-0.25, -0.2) is 4.79 Å². The first-order chi connectivity index (χ1) is 15.4. The van der Waals surface area contributed by atoms with Crippen LogP contribution in [0.25, 0.3) is 0 Å². The summed E-state index contributed by atoms with van der Waals surface area (Å²) in [5.74, 6) is -1.70. The van der Waals surface area contributed by atoms with Crippen LogP contribution in [-0.2, 0) is 14.3 Å². The van der Waals surface area contributed by atoms with Crippen LogP contribution in [0.1, 0.15) is 110 Å². The monoisotopic (exact) mass is 464 g/mol. The lowest BCUT2D eigenvalue weighted by Gasteiger charge is -2.06. The Labute approximate surface area is 194 Å². The molecule has 0 aromatic rings. The quantitative estimate of drug-likeness (QED) is 0.105. The molecule has 0 fully saturated rings. The van der Waals surface area contributed by atoms with Crippen LogP contribution in [0, 0.1) is 0 Å². The zero-order valence-corrected chi connectivity index (χ0v) is 20.1. The number of esters is 2. The topological polar surface area (TPSA) is 145 Å². The standard InChI is InChI=1S/C21H40O5.C3H8O3/c1-2-3-4-5-6-7-8-9-10-11-12-13-14-15-16-17-20(24)26-21(25)19(23)18-22;4-1-3(6)2-5/h19,22-23H,2-18H2,1H3;3-6H,1-2H2. The molecule has 0 amide bonds. The highest BCUT2D eigenvalue weighted by atomic mass is 16.6. The van der Waals surface area contributed by atoms with Crippen molar-refractivity contribution in [2.75, 3.05) is 19.8 Å². The Hall–Kier alpha value is -1.06. The number of aliphatic hydroxyl groups is 5. The van der Waals surface area contributed by atoms with Gasteiger partial charge in [0.15, 0.2) is 6.10 Å². The minimum Gasteiger partial charge on any atom is -0.394 e. The van der Waals surface area contributed by atoms with E-state index in [0.29, 0.717) is 6.42 Å². The van der Waals surface area contributed by atoms with Crippen LogP contribution in [0.2, 0.25) is 0 Å². The highest BCUT2D eigenvalue weighted by Crippen LogP contribution is 2.13. The van der Waals surface area contributed by atoms with Gasteiger partial charge in [0.05, 0.1) is 19.8 Å². The Morgan fingerprint density at radius 1 is 0.625 bits per heavy atom. The van der Waals surface area contributed by atoms with E-state index < -0.39 is 30.8 Å². The number of unbranched alkanes of at least 4 members (excludes halogenated alkanes) is 14. The summed E-state index contributed by atoms with van der Waals surface area (Å²) in [4.78, 5) is 22.5. The van der Waals surface area contributed by atoms with Crippen molar-refractivity contribution < 1.29 is 39.9 Å². The van der Waals surface area contributed by atoms with E-state index in [4.69, 9.17) is 25.5 Å². The van der Waals surface area contributed by atoms with E-state index >= 15 is 0 Å². The SMILES string of the molecule is CCCCCCCCCCCCCCCCCC(=O)OC(=O)C(O)CO.OCC(O)CO. The van der Waals surface area contributed by atoms with Crippen molar-refractivity contribution >= 4 is 11.9 Å². The fourth-order valence-corrected chi connectivity index (χ4v) is 3.00. The zero-order chi connectivity index (χ0) is 24.5. The van der Waals surface area contributed by atoms with Crippen molar-refractivity contribution in [2.24, 2.45) is 0 Å². The summed E-state index contributed by atoms with van der Waals surface area (Å²) in [7, 11) is 0. The van der Waals surface area contributed by atoms with Gasteiger partial charge in [0, 0.05) is 6.42 Å². The molecule has 192 valence electrons. The first-order valence-corrected chi connectivity index (χ1v) is 12.4. The third-order valence-electron chi connectivity index (χ3n) is 5.07. The first kappa shape index (κ1) is 33.1. The van der Waals surface area contributed by atoms with Gasteiger partial charge < -0.3 is 30.3 Å². The van der Waals surface area contributed by atoms with Gasteiger partial charge in [0.1, 0.15) is 6.10 Å². The molecule has 0 saturated heterocycles. The van der Waals surface area contributed by atoms with Gasteiger partial charge in [-0.05, 0) is 6.42 Å². The molecule has 0 aromatic carbocycles. The lowest BCUT2D eigenvalue weighted by Crippen LogP contribution is -2.28. The fraction of sp³-hybridized carbons (Fsp3) is 0.917. The van der Waals surface area contributed by atoms with Gasteiger partial charge in [-0.2, -0.15) is 0 Å². The Morgan fingerprint density at radius 3 is 1.31 bits per heavy atom. The van der Waals surface area contributed by atoms with Crippen molar-refractivity contribution in [1.82, 2.24) is 0 Å². The van der Waals surface area contributed by atoms with Gasteiger partial charge in [0.25, 0.3) is 0 Å². The third kappa shape index (κ3) is 25.2. The number of carbonyl (C=O) groups excluding carboxylic acids is 2. The summed E-state index contributed by atoms with van der Waals surface area (Å²) in [5.41, 5.74) is 0. The van der Waals surface area contributed by atoms with E-state index in [-0.39, 0.29) is 19.6 Å². The van der Waals surface area contributed by atoms with Gasteiger partial charge in [-0.15, -0.1) is 0 Å². The molecular weight excluding hydrogens is 416 g/mol. The maximum Gasteiger partial charge on any atom is 0.345 e. The molecule has 0 saturated carbocycles. The third-order valence-corrected chi connectivity index (χ3v) is 5.07. The van der Waals surface area contributed by atoms with Gasteiger partial charge in [-0.1, -0.05) is 96.8 Å². The summed E-state index contributed by atoms with van der Waals surface area (Å²) >= 11 is 0. The van der Waals surface area contributed by atoms with Crippen molar-refractivity contribution in [3.05, 3.63) is 0 Å². The molecule has 32 heavy (non-hydrogen) atoms. The number of hydrogen-bond acceptors (Lipinski definition) is 8. The molecule has 0 aliphatic carbocycles. The van der Waals surface area contributed by atoms with Crippen LogP contribution >= 0.6 is 0 Å². The van der Waals surface area contributed by atoms with Gasteiger partial charge in [0.2, 0.25) is 0 Å². The van der Waals surface area contributed by atoms with Crippen LogP contribution in [0.15, 0.2) is 0 Å². The largest absolute Gasteiger partial charge is 0.394 e. The molecule has 8 heteroatoms. The van der Waals surface area contributed by atoms with Crippen molar-refractivity contribution in [2.45, 2.75) is 122 Å². The summed E-state index contributed by atoms with van der Waals surface area (Å²) in [6.45, 7) is 0.793. The molecule has 0 bridgehead atoms. The molecule has 0 aliphatic heterocycles. The second-order valence-corrected chi connectivity index (χ2v) is 8.21. The zero-order valence-electron chi connectivity index (χ0n) is 20.1. The predicted octanol–water partition coefficient (Wildman–Crippen LogP) is 3.00. The minimum atomic E-state index is -1.62. The van der Waals surface area contributed by atoms with Crippen molar-refractivity contribution in [3.63, 3.8) is 0 Å². The molecular formula is C24H48O8. The Balaban J connectivity index is 0. The van der Waals surface area contributed by atoms with E-state index in [1.54, 1.807) is 0 Å². The summed E-state index contributed by atoms with van der Waals surface area (Å²) < 4.78 is 4.43. The molecule has 0 rings (SSSR count). The van der Waals surface area contributed by atoms with Crippen LogP contribution < -0.4 is 0 Å². The molecule has 0 aromatic heterocycles. The molecule has 8 nitrogen and oxygen atoms in total. The van der Waals surface area contributed by atoms with Crippen molar-refractivity contribution in [3.8, 4) is 0 Å². The van der Waals surface area contributed by atoms with Crippen LogP contribution in [0.5, 0.6) is 0 Å². The van der Waals surface area contributed by atoms with E-state index in [9.17, 15) is 9.59 Å². The number of carbonyl (C=O) groups is 2. The lowest BCUT2D eigenvalue weighted by atomic mass is 10.0. The average Bonchev–Trinajstić information content (AvgIpc) is 2.80. The molecule has 1 atom stereocenters. The van der Waals surface area contributed by atoms with E-state index in [0.717, 1.165) is 12.8 Å². The normalized spacial score (nSPS) is 11.7. The number of ether oxygens (including phenoxy) is 1. The second-order valence-electron chi connectivity index (χ2n) is 8.21. The molecule has 0 radical (unpaired) electrons. The highest BCUT2D eigenvalue weighted by Gasteiger charge is 2.18. The molecule has 0 heterocycles. The van der Waals surface area contributed by atoms with Gasteiger partial charge in [-0.3, -0.25) is 4.79 Å². The maximum absolute atomic E-state index is 11.4. The maximum atomic E-state index is 11.4. The van der Waals surface area contributed by atoms with E-state index in [1.807, 2.05) is 0 Å². The smallest absolute Gasteiger partial charge is 0.345 e. The highest BCUT2D eigenvalue weighted by molar-refractivity contribution is 5.87. The van der Waals surface area contributed by atoms with E-state index in [1.165, 1.54) is 77.0 Å². The summed E-state index contributed by atoms with van der Waals surface area (Å²) in [6.07, 6.45) is 16.4. The lowest BCUT2D eigenvalue weighted by molar-refractivity contribution is -0.167. The van der Waals surface area contributed by atoms with E-state index in [2.05, 4.69) is 11.7 Å². The Kier molecular flexibility index (Phi) is 27.1. The first-order valence-electron chi connectivity index (χ1n) is 12.4. The Morgan fingerprint density at radius 2 is 1.00 bits per heavy atom. The van der Waals surface area contributed by atoms with Crippen LogP contribution in [-0.4, -0.2) is 69.5 Å². The van der Waals surface area contributed by atoms with Crippen LogP contribution in [0.4, 0.5) is 0 Å². The summed E-state index contributed by atoms with van der Waals surface area (Å²) in [5, 5.41) is 41.6. The number of aliphatic hydroxyl groups excluding tert-OH is 5.